The average Bonchev–Trinajstić information content (AvgIpc) is 2.53. The third-order valence-electron chi connectivity index (χ3n) is 3.49. The van der Waals surface area contributed by atoms with Crippen molar-refractivity contribution < 1.29 is 31.1 Å². The van der Waals surface area contributed by atoms with Crippen LogP contribution in [0.25, 0.3) is 0 Å². The lowest BCUT2D eigenvalue weighted by Gasteiger charge is -2.11. The Balaban J connectivity index is 1.98. The van der Waals surface area contributed by atoms with Gasteiger partial charge in [-0.3, -0.25) is 4.79 Å². The number of amides is 1. The van der Waals surface area contributed by atoms with E-state index in [1.54, 1.807) is 0 Å². The molecule has 2 aromatic carbocycles. The number of hydrogen-bond donors (Lipinski definition) is 1. The van der Waals surface area contributed by atoms with Crippen LogP contribution >= 0.6 is 11.6 Å². The standard InChI is InChI=1S/C17H12ClF6NO/c18-14-9-11(4-5-13(14)17(22,23)24)15(26)25-7-6-10-2-1-3-12(8-10)16(19,20)21/h1-5,8-9H,6-7H2,(H,25,26). The first-order chi connectivity index (χ1) is 12.0. The van der Waals surface area contributed by atoms with E-state index in [-0.39, 0.29) is 18.5 Å². The van der Waals surface area contributed by atoms with Gasteiger partial charge in [0.25, 0.3) is 5.91 Å². The first-order valence-electron chi connectivity index (χ1n) is 7.29. The molecule has 0 aromatic heterocycles. The van der Waals surface area contributed by atoms with Gasteiger partial charge < -0.3 is 5.32 Å². The zero-order chi connectivity index (χ0) is 19.5. The van der Waals surface area contributed by atoms with Crippen LogP contribution in [-0.2, 0) is 18.8 Å². The highest BCUT2D eigenvalue weighted by Gasteiger charge is 2.33. The molecule has 0 fully saturated rings. The summed E-state index contributed by atoms with van der Waals surface area (Å²) in [6.45, 7) is 0.0127. The number of carbonyl (C=O) groups excluding carboxylic acids is 1. The first-order valence-corrected chi connectivity index (χ1v) is 7.67. The topological polar surface area (TPSA) is 29.1 Å². The lowest BCUT2D eigenvalue weighted by molar-refractivity contribution is -0.138. The van der Waals surface area contributed by atoms with Gasteiger partial charge >= 0.3 is 12.4 Å². The van der Waals surface area contributed by atoms with Crippen LogP contribution in [0.2, 0.25) is 5.02 Å². The molecule has 0 atom stereocenters. The summed E-state index contributed by atoms with van der Waals surface area (Å²) in [5.41, 5.74) is -1.56. The molecule has 0 aliphatic heterocycles. The zero-order valence-corrected chi connectivity index (χ0v) is 13.8. The Bertz CT molecular complexity index is 801. The summed E-state index contributed by atoms with van der Waals surface area (Å²) in [5.74, 6) is -0.674. The van der Waals surface area contributed by atoms with Crippen LogP contribution in [0.15, 0.2) is 42.5 Å². The molecule has 0 spiro atoms. The highest BCUT2D eigenvalue weighted by molar-refractivity contribution is 6.31. The van der Waals surface area contributed by atoms with Gasteiger partial charge in [-0.05, 0) is 36.2 Å². The van der Waals surface area contributed by atoms with Crippen LogP contribution in [0.4, 0.5) is 26.3 Å². The highest BCUT2D eigenvalue weighted by atomic mass is 35.5. The largest absolute Gasteiger partial charge is 0.417 e. The van der Waals surface area contributed by atoms with Gasteiger partial charge in [-0.1, -0.05) is 29.8 Å². The normalized spacial score (nSPS) is 12.1. The summed E-state index contributed by atoms with van der Waals surface area (Å²) in [7, 11) is 0. The molecule has 2 rings (SSSR count). The van der Waals surface area contributed by atoms with Crippen molar-refractivity contribution in [2.45, 2.75) is 18.8 Å². The zero-order valence-electron chi connectivity index (χ0n) is 13.0. The molecule has 0 saturated heterocycles. The maximum Gasteiger partial charge on any atom is 0.417 e. The van der Waals surface area contributed by atoms with Crippen molar-refractivity contribution in [3.05, 3.63) is 69.7 Å². The molecule has 0 aliphatic rings. The Hall–Kier alpha value is -2.22. The molecule has 2 nitrogen and oxygen atoms in total. The molecule has 140 valence electrons. The number of nitrogens with one attached hydrogen (secondary N) is 1. The molecular weight excluding hydrogens is 384 g/mol. The SMILES string of the molecule is O=C(NCCc1cccc(C(F)(F)F)c1)c1ccc(C(F)(F)F)c(Cl)c1. The van der Waals surface area contributed by atoms with E-state index in [1.165, 1.54) is 12.1 Å². The third-order valence-corrected chi connectivity index (χ3v) is 3.80. The molecular formula is C17H12ClF6NO. The van der Waals surface area contributed by atoms with Gasteiger partial charge in [0, 0.05) is 12.1 Å². The van der Waals surface area contributed by atoms with Crippen molar-refractivity contribution in [2.75, 3.05) is 6.54 Å². The van der Waals surface area contributed by atoms with E-state index in [4.69, 9.17) is 11.6 Å². The fraction of sp³-hybridized carbons (Fsp3) is 0.235. The summed E-state index contributed by atoms with van der Waals surface area (Å²) in [6.07, 6.45) is -8.96. The predicted molar refractivity (Wildman–Crippen MR) is 83.9 cm³/mol. The van der Waals surface area contributed by atoms with Crippen LogP contribution in [0.3, 0.4) is 0 Å². The second-order valence-corrected chi connectivity index (χ2v) is 5.80. The van der Waals surface area contributed by atoms with Crippen LogP contribution in [-0.4, -0.2) is 12.5 Å². The average molecular weight is 396 g/mol. The molecule has 2 aromatic rings. The van der Waals surface area contributed by atoms with Gasteiger partial charge in [0.2, 0.25) is 0 Å². The van der Waals surface area contributed by atoms with Gasteiger partial charge in [-0.2, -0.15) is 26.3 Å². The van der Waals surface area contributed by atoms with Crippen molar-refractivity contribution in [1.82, 2.24) is 5.32 Å². The third kappa shape index (κ3) is 5.14. The maximum atomic E-state index is 12.6. The van der Waals surface area contributed by atoms with Crippen LogP contribution in [0, 0.1) is 0 Å². The molecule has 26 heavy (non-hydrogen) atoms. The number of alkyl halides is 6. The van der Waals surface area contributed by atoms with Gasteiger partial charge in [-0.25, -0.2) is 0 Å². The van der Waals surface area contributed by atoms with E-state index in [0.29, 0.717) is 11.6 Å². The minimum atomic E-state index is -4.63. The Kier molecular flexibility index (Phi) is 5.85. The van der Waals surface area contributed by atoms with Crippen molar-refractivity contribution >= 4 is 17.5 Å². The quantitative estimate of drug-likeness (QED) is 0.695. The minimum absolute atomic E-state index is 0.0127. The smallest absolute Gasteiger partial charge is 0.352 e. The van der Waals surface area contributed by atoms with E-state index in [0.717, 1.165) is 24.3 Å². The van der Waals surface area contributed by atoms with E-state index < -0.39 is 34.4 Å². The lowest BCUT2D eigenvalue weighted by atomic mass is 10.1. The Morgan fingerprint density at radius 3 is 2.23 bits per heavy atom. The molecule has 9 heteroatoms. The van der Waals surface area contributed by atoms with Crippen molar-refractivity contribution in [2.24, 2.45) is 0 Å². The monoisotopic (exact) mass is 395 g/mol. The summed E-state index contributed by atoms with van der Waals surface area (Å²) in [4.78, 5) is 11.9. The molecule has 0 heterocycles. The fourth-order valence-corrected chi connectivity index (χ4v) is 2.50. The molecule has 0 aliphatic carbocycles. The molecule has 0 radical (unpaired) electrons. The fourth-order valence-electron chi connectivity index (χ4n) is 2.21. The van der Waals surface area contributed by atoms with Crippen LogP contribution in [0.1, 0.15) is 27.0 Å². The summed E-state index contributed by atoms with van der Waals surface area (Å²) in [6, 6.07) is 7.22. The maximum absolute atomic E-state index is 12.6. The number of halogens is 7. The van der Waals surface area contributed by atoms with E-state index in [2.05, 4.69) is 5.32 Å². The van der Waals surface area contributed by atoms with Gasteiger partial charge in [0.05, 0.1) is 16.1 Å². The molecule has 0 unspecified atom stereocenters. The van der Waals surface area contributed by atoms with Gasteiger partial charge in [-0.15, -0.1) is 0 Å². The van der Waals surface area contributed by atoms with E-state index in [9.17, 15) is 31.1 Å². The number of hydrogen-bond acceptors (Lipinski definition) is 1. The highest BCUT2D eigenvalue weighted by Crippen LogP contribution is 2.35. The van der Waals surface area contributed by atoms with Crippen molar-refractivity contribution in [3.8, 4) is 0 Å². The second kappa shape index (κ2) is 7.57. The van der Waals surface area contributed by atoms with Crippen molar-refractivity contribution in [1.29, 1.82) is 0 Å². The number of carbonyl (C=O) groups is 1. The first kappa shape index (κ1) is 20.1. The minimum Gasteiger partial charge on any atom is -0.352 e. The molecule has 0 saturated carbocycles. The molecule has 1 N–H and O–H groups in total. The molecule has 0 bridgehead atoms. The summed E-state index contributed by atoms with van der Waals surface area (Å²) >= 11 is 5.54. The van der Waals surface area contributed by atoms with Crippen LogP contribution < -0.4 is 5.32 Å². The summed E-state index contributed by atoms with van der Waals surface area (Å²) < 4.78 is 75.8. The van der Waals surface area contributed by atoms with E-state index in [1.807, 2.05) is 0 Å². The predicted octanol–water partition coefficient (Wildman–Crippen LogP) is 5.35. The summed E-state index contributed by atoms with van der Waals surface area (Å²) in [5, 5.41) is 1.82. The van der Waals surface area contributed by atoms with Gasteiger partial charge in [0.15, 0.2) is 0 Å². The Morgan fingerprint density at radius 2 is 1.65 bits per heavy atom. The molecule has 1 amide bonds. The van der Waals surface area contributed by atoms with E-state index >= 15 is 0 Å². The second-order valence-electron chi connectivity index (χ2n) is 5.40. The lowest BCUT2D eigenvalue weighted by Crippen LogP contribution is -2.26. The number of rotatable bonds is 4. The van der Waals surface area contributed by atoms with Crippen LogP contribution in [0.5, 0.6) is 0 Å². The number of benzene rings is 2. The van der Waals surface area contributed by atoms with Gasteiger partial charge in [0.1, 0.15) is 0 Å². The van der Waals surface area contributed by atoms with Crippen molar-refractivity contribution in [3.63, 3.8) is 0 Å². The Labute approximate surface area is 149 Å². The Morgan fingerprint density at radius 1 is 0.962 bits per heavy atom.